The number of allylic oxidation sites excluding steroid dienone is 1. The summed E-state index contributed by atoms with van der Waals surface area (Å²) in [5.74, 6) is 0.307. The summed E-state index contributed by atoms with van der Waals surface area (Å²) in [5.41, 5.74) is 10.8. The fourth-order valence-corrected chi connectivity index (χ4v) is 1.89. The Morgan fingerprint density at radius 2 is 2.31 bits per heavy atom. The lowest BCUT2D eigenvalue weighted by molar-refractivity contribution is 0.573. The molecule has 1 aliphatic rings. The van der Waals surface area contributed by atoms with Gasteiger partial charge in [0.25, 0.3) is 0 Å². The van der Waals surface area contributed by atoms with Crippen LogP contribution in [0.4, 0.5) is 0 Å². The Bertz CT molecular complexity index is 293. The molecule has 0 bridgehead atoms. The van der Waals surface area contributed by atoms with Crippen LogP contribution in [0.5, 0.6) is 0 Å². The first-order valence-corrected chi connectivity index (χ1v) is 5.98. The van der Waals surface area contributed by atoms with E-state index in [1.807, 2.05) is 6.21 Å². The normalized spacial score (nSPS) is 25.1. The summed E-state index contributed by atoms with van der Waals surface area (Å²) in [6.45, 7) is 4.25. The lowest BCUT2D eigenvalue weighted by Gasteiger charge is -2.18. The van der Waals surface area contributed by atoms with Gasteiger partial charge in [0, 0.05) is 29.6 Å². The minimum atomic E-state index is 0.0825. The first-order valence-electron chi connectivity index (χ1n) is 5.98. The predicted octanol–water partition coefficient (Wildman–Crippen LogP) is 2.02. The number of unbranched alkanes of at least 4 members (excludes halogenated alkanes) is 2. The van der Waals surface area contributed by atoms with Crippen LogP contribution < -0.4 is 11.2 Å². The number of nitrogens with one attached hydrogen (secondary N) is 2. The monoisotopic (exact) mass is 222 g/mol. The smallest absolute Gasteiger partial charge is 0.0796 e. The van der Waals surface area contributed by atoms with Gasteiger partial charge in [0.2, 0.25) is 0 Å². The lowest BCUT2D eigenvalue weighted by Crippen LogP contribution is -2.31. The maximum atomic E-state index is 7.47. The van der Waals surface area contributed by atoms with E-state index in [9.17, 15) is 0 Å². The maximum absolute atomic E-state index is 7.47. The maximum Gasteiger partial charge on any atom is 0.0796 e. The molecule has 4 heteroatoms. The Kier molecular flexibility index (Phi) is 5.02. The van der Waals surface area contributed by atoms with Crippen molar-refractivity contribution in [3.8, 4) is 0 Å². The number of nitrogens with zero attached hydrogens (tertiary/aromatic N) is 1. The molecule has 90 valence electrons. The van der Waals surface area contributed by atoms with Crippen molar-refractivity contribution >= 4 is 12.4 Å². The van der Waals surface area contributed by atoms with Gasteiger partial charge in [-0.15, -0.1) is 0 Å². The molecule has 0 aromatic heterocycles. The van der Waals surface area contributed by atoms with Crippen LogP contribution in [-0.2, 0) is 0 Å². The minimum Gasteiger partial charge on any atom is -0.402 e. The van der Waals surface area contributed by atoms with Crippen LogP contribution in [-0.4, -0.2) is 18.5 Å². The molecule has 2 unspecified atom stereocenters. The number of hydrogen-bond acceptors (Lipinski definition) is 4. The van der Waals surface area contributed by atoms with Gasteiger partial charge in [-0.3, -0.25) is 0 Å². The molecule has 0 spiro atoms. The van der Waals surface area contributed by atoms with Crippen LogP contribution in [0.25, 0.3) is 0 Å². The number of hydrogen-bond donors (Lipinski definition) is 3. The van der Waals surface area contributed by atoms with E-state index in [-0.39, 0.29) is 6.04 Å². The molecule has 16 heavy (non-hydrogen) atoms. The second kappa shape index (κ2) is 6.30. The standard InChI is InChI=1S/C12H22N4/c1-3-4-5-6-11(14)10(7-13)12-9(2)8-15-16-12/h7-9,12-13,16H,3-6,14H2,1-2H3/b11-10+,13-7?. The van der Waals surface area contributed by atoms with Crippen molar-refractivity contribution in [2.45, 2.75) is 45.6 Å². The molecule has 0 radical (unpaired) electrons. The molecule has 0 saturated carbocycles. The fourth-order valence-electron chi connectivity index (χ4n) is 1.89. The molecule has 1 rings (SSSR count). The van der Waals surface area contributed by atoms with Crippen LogP contribution in [0.3, 0.4) is 0 Å². The third kappa shape index (κ3) is 3.08. The van der Waals surface area contributed by atoms with Crippen molar-refractivity contribution in [1.82, 2.24) is 5.43 Å². The molecule has 0 aromatic carbocycles. The summed E-state index contributed by atoms with van der Waals surface area (Å²) in [4.78, 5) is 0. The average Bonchev–Trinajstić information content (AvgIpc) is 2.67. The van der Waals surface area contributed by atoms with Crippen molar-refractivity contribution in [3.63, 3.8) is 0 Å². The molecule has 4 N–H and O–H groups in total. The van der Waals surface area contributed by atoms with Crippen LogP contribution in [0, 0.1) is 11.3 Å². The van der Waals surface area contributed by atoms with E-state index in [0.29, 0.717) is 5.92 Å². The summed E-state index contributed by atoms with van der Waals surface area (Å²) in [5, 5.41) is 11.5. The Morgan fingerprint density at radius 3 is 2.81 bits per heavy atom. The van der Waals surface area contributed by atoms with E-state index >= 15 is 0 Å². The van der Waals surface area contributed by atoms with E-state index in [0.717, 1.165) is 24.1 Å². The molecule has 0 saturated heterocycles. The van der Waals surface area contributed by atoms with Gasteiger partial charge in [0.05, 0.1) is 6.04 Å². The highest BCUT2D eigenvalue weighted by Crippen LogP contribution is 2.18. The van der Waals surface area contributed by atoms with E-state index in [4.69, 9.17) is 11.1 Å². The molecule has 1 aliphatic heterocycles. The third-order valence-corrected chi connectivity index (χ3v) is 2.96. The van der Waals surface area contributed by atoms with Gasteiger partial charge in [0.1, 0.15) is 0 Å². The highest BCUT2D eigenvalue weighted by Gasteiger charge is 2.24. The van der Waals surface area contributed by atoms with Crippen LogP contribution in [0.15, 0.2) is 16.4 Å². The molecule has 0 aliphatic carbocycles. The highest BCUT2D eigenvalue weighted by atomic mass is 15.3. The fraction of sp³-hybridized carbons (Fsp3) is 0.667. The molecule has 0 fully saturated rings. The molecular formula is C12H22N4. The molecular weight excluding hydrogens is 200 g/mol. The van der Waals surface area contributed by atoms with E-state index in [1.165, 1.54) is 19.1 Å². The van der Waals surface area contributed by atoms with Crippen molar-refractivity contribution < 1.29 is 0 Å². The number of nitrogens with two attached hydrogens (primary N) is 1. The van der Waals surface area contributed by atoms with E-state index in [1.54, 1.807) is 0 Å². The Balaban J connectivity index is 2.63. The van der Waals surface area contributed by atoms with Crippen molar-refractivity contribution in [2.75, 3.05) is 0 Å². The number of rotatable bonds is 6. The molecule has 4 nitrogen and oxygen atoms in total. The molecule has 0 amide bonds. The van der Waals surface area contributed by atoms with Crippen molar-refractivity contribution in [1.29, 1.82) is 5.41 Å². The summed E-state index contributed by atoms with van der Waals surface area (Å²) < 4.78 is 0. The van der Waals surface area contributed by atoms with Gasteiger partial charge in [0.15, 0.2) is 0 Å². The van der Waals surface area contributed by atoms with Crippen LogP contribution in [0.1, 0.15) is 39.5 Å². The highest BCUT2D eigenvalue weighted by molar-refractivity contribution is 5.81. The van der Waals surface area contributed by atoms with Crippen LogP contribution >= 0.6 is 0 Å². The largest absolute Gasteiger partial charge is 0.402 e. The van der Waals surface area contributed by atoms with Crippen molar-refractivity contribution in [2.24, 2.45) is 16.8 Å². The van der Waals surface area contributed by atoms with Gasteiger partial charge >= 0.3 is 0 Å². The first kappa shape index (κ1) is 12.7. The lowest BCUT2D eigenvalue weighted by atomic mass is 9.94. The molecule has 2 atom stereocenters. The summed E-state index contributed by atoms with van der Waals surface area (Å²) in [6.07, 6.45) is 7.59. The van der Waals surface area contributed by atoms with Gasteiger partial charge in [-0.2, -0.15) is 5.10 Å². The second-order valence-electron chi connectivity index (χ2n) is 4.33. The zero-order valence-corrected chi connectivity index (χ0v) is 10.2. The van der Waals surface area contributed by atoms with E-state index in [2.05, 4.69) is 24.4 Å². The Hall–Kier alpha value is -1.32. The zero-order valence-electron chi connectivity index (χ0n) is 10.2. The third-order valence-electron chi connectivity index (χ3n) is 2.96. The summed E-state index contributed by atoms with van der Waals surface area (Å²) in [6, 6.07) is 0.0825. The molecule has 1 heterocycles. The van der Waals surface area contributed by atoms with E-state index < -0.39 is 0 Å². The SMILES string of the molecule is CCCCC/C(N)=C(/C=N)C1NN=CC1C. The van der Waals surface area contributed by atoms with Gasteiger partial charge in [-0.1, -0.05) is 26.7 Å². The minimum absolute atomic E-state index is 0.0825. The average molecular weight is 222 g/mol. The van der Waals surface area contributed by atoms with Gasteiger partial charge in [-0.25, -0.2) is 0 Å². The second-order valence-corrected chi connectivity index (χ2v) is 4.33. The Labute approximate surface area is 97.5 Å². The van der Waals surface area contributed by atoms with Gasteiger partial charge in [-0.05, 0) is 12.8 Å². The first-order chi connectivity index (χ1) is 7.70. The topological polar surface area (TPSA) is 74.3 Å². The van der Waals surface area contributed by atoms with Crippen LogP contribution in [0.2, 0.25) is 0 Å². The van der Waals surface area contributed by atoms with Crippen molar-refractivity contribution in [3.05, 3.63) is 11.3 Å². The Morgan fingerprint density at radius 1 is 1.56 bits per heavy atom. The van der Waals surface area contributed by atoms with Gasteiger partial charge < -0.3 is 16.6 Å². The zero-order chi connectivity index (χ0) is 12.0. The quantitative estimate of drug-likeness (QED) is 0.475. The summed E-state index contributed by atoms with van der Waals surface area (Å²) in [7, 11) is 0. The predicted molar refractivity (Wildman–Crippen MR) is 68.7 cm³/mol. The molecule has 0 aromatic rings. The number of hydrazone groups is 1. The summed E-state index contributed by atoms with van der Waals surface area (Å²) >= 11 is 0.